The maximum atomic E-state index is 11.1. The van der Waals surface area contributed by atoms with E-state index in [9.17, 15) is 14.4 Å². The summed E-state index contributed by atoms with van der Waals surface area (Å²) < 4.78 is 9.21. The predicted octanol–water partition coefficient (Wildman–Crippen LogP) is 0.954. The molecule has 0 saturated heterocycles. The molecule has 0 bridgehead atoms. The van der Waals surface area contributed by atoms with Crippen LogP contribution in [0.2, 0.25) is 0 Å². The average molecular weight is 230 g/mol. The molecule has 0 amide bonds. The highest BCUT2D eigenvalue weighted by molar-refractivity contribution is 6.60. The van der Waals surface area contributed by atoms with E-state index < -0.39 is 17.7 Å². The van der Waals surface area contributed by atoms with E-state index in [1.54, 1.807) is 0 Å². The Morgan fingerprint density at radius 1 is 0.812 bits per heavy atom. The minimum atomic E-state index is -1.25. The third-order valence-electron chi connectivity index (χ3n) is 1.47. The Morgan fingerprint density at radius 2 is 1.12 bits per heavy atom. The monoisotopic (exact) mass is 230 g/mol. The molecule has 0 aliphatic heterocycles. The number of carbonyl (C=O) groups excluding carboxylic acids is 3. The van der Waals surface area contributed by atoms with Gasteiger partial charge in [-0.15, -0.1) is 0 Å². The summed E-state index contributed by atoms with van der Waals surface area (Å²) in [6, 6.07) is 0. The van der Waals surface area contributed by atoms with E-state index in [2.05, 4.69) is 9.47 Å². The fraction of sp³-hybridized carbons (Fsp3) is 0.727. The van der Waals surface area contributed by atoms with Crippen LogP contribution in [0.3, 0.4) is 0 Å². The maximum absolute atomic E-state index is 11.1. The molecular formula is C11H18O5. The molecule has 0 aliphatic rings. The van der Waals surface area contributed by atoms with Gasteiger partial charge in [0.2, 0.25) is 0 Å². The van der Waals surface area contributed by atoms with Crippen molar-refractivity contribution >= 4 is 17.7 Å². The average Bonchev–Trinajstić information content (AvgIpc) is 2.21. The van der Waals surface area contributed by atoms with Crippen LogP contribution in [-0.2, 0) is 23.9 Å². The van der Waals surface area contributed by atoms with Gasteiger partial charge in [-0.2, -0.15) is 0 Å². The number of rotatable bonds is 6. The van der Waals surface area contributed by atoms with Gasteiger partial charge < -0.3 is 9.47 Å². The SMILES string of the molecule is CC(C)COC(=O)C(=O)C(=O)OCC(C)C. The summed E-state index contributed by atoms with van der Waals surface area (Å²) in [4.78, 5) is 33.2. The van der Waals surface area contributed by atoms with Gasteiger partial charge in [-0.25, -0.2) is 9.59 Å². The van der Waals surface area contributed by atoms with Crippen molar-refractivity contribution in [2.75, 3.05) is 13.2 Å². The molecule has 0 N–H and O–H groups in total. The van der Waals surface area contributed by atoms with Crippen molar-refractivity contribution in [1.29, 1.82) is 0 Å². The molecule has 0 saturated carbocycles. The Morgan fingerprint density at radius 3 is 1.38 bits per heavy atom. The van der Waals surface area contributed by atoms with Gasteiger partial charge in [0.05, 0.1) is 13.2 Å². The Kier molecular flexibility index (Phi) is 6.37. The predicted molar refractivity (Wildman–Crippen MR) is 56.6 cm³/mol. The van der Waals surface area contributed by atoms with Crippen molar-refractivity contribution in [3.63, 3.8) is 0 Å². The van der Waals surface area contributed by atoms with Gasteiger partial charge in [0.1, 0.15) is 0 Å². The molecule has 5 heteroatoms. The van der Waals surface area contributed by atoms with Gasteiger partial charge in [-0.1, -0.05) is 27.7 Å². The zero-order chi connectivity index (χ0) is 12.7. The van der Waals surface area contributed by atoms with Crippen molar-refractivity contribution in [3.05, 3.63) is 0 Å². The quantitative estimate of drug-likeness (QED) is 0.386. The molecule has 16 heavy (non-hydrogen) atoms. The first-order chi connectivity index (χ1) is 7.34. The van der Waals surface area contributed by atoms with E-state index in [-0.39, 0.29) is 25.0 Å². The highest BCUT2D eigenvalue weighted by atomic mass is 16.6. The van der Waals surface area contributed by atoms with Crippen LogP contribution >= 0.6 is 0 Å². The first-order valence-corrected chi connectivity index (χ1v) is 5.22. The van der Waals surface area contributed by atoms with Crippen LogP contribution in [0.25, 0.3) is 0 Å². The summed E-state index contributed by atoms with van der Waals surface area (Å²) in [7, 11) is 0. The molecule has 0 aromatic carbocycles. The molecule has 0 unspecified atom stereocenters. The lowest BCUT2D eigenvalue weighted by molar-refractivity contribution is -0.165. The van der Waals surface area contributed by atoms with Gasteiger partial charge in [0, 0.05) is 0 Å². The number of esters is 2. The fourth-order valence-corrected chi connectivity index (χ4v) is 0.699. The van der Waals surface area contributed by atoms with Crippen LogP contribution in [0.5, 0.6) is 0 Å². The van der Waals surface area contributed by atoms with Crippen molar-refractivity contribution in [3.8, 4) is 0 Å². The molecule has 0 heterocycles. The molecule has 0 aromatic rings. The molecular weight excluding hydrogens is 212 g/mol. The highest BCUT2D eigenvalue weighted by Gasteiger charge is 2.26. The molecule has 0 aliphatic carbocycles. The smallest absolute Gasteiger partial charge is 0.386 e. The summed E-state index contributed by atoms with van der Waals surface area (Å²) >= 11 is 0. The largest absolute Gasteiger partial charge is 0.459 e. The number of ether oxygens (including phenoxy) is 2. The summed E-state index contributed by atoms with van der Waals surface area (Å²) in [5, 5.41) is 0. The second kappa shape index (κ2) is 6.98. The van der Waals surface area contributed by atoms with Crippen LogP contribution in [-0.4, -0.2) is 30.9 Å². The van der Waals surface area contributed by atoms with E-state index in [0.717, 1.165) is 0 Å². The van der Waals surface area contributed by atoms with E-state index in [1.807, 2.05) is 27.7 Å². The summed E-state index contributed by atoms with van der Waals surface area (Å²) in [6.07, 6.45) is 0. The zero-order valence-corrected chi connectivity index (χ0v) is 10.1. The Bertz CT molecular complexity index is 242. The third-order valence-corrected chi connectivity index (χ3v) is 1.47. The first kappa shape index (κ1) is 14.6. The van der Waals surface area contributed by atoms with Crippen molar-refractivity contribution in [2.45, 2.75) is 27.7 Å². The Labute approximate surface area is 95.1 Å². The molecule has 92 valence electrons. The van der Waals surface area contributed by atoms with E-state index in [4.69, 9.17) is 0 Å². The van der Waals surface area contributed by atoms with Gasteiger partial charge in [-0.05, 0) is 11.8 Å². The van der Waals surface area contributed by atoms with Crippen molar-refractivity contribution in [1.82, 2.24) is 0 Å². The lowest BCUT2D eigenvalue weighted by Crippen LogP contribution is -2.29. The zero-order valence-electron chi connectivity index (χ0n) is 10.1. The Hall–Kier alpha value is -1.39. The second-order valence-corrected chi connectivity index (χ2v) is 4.31. The van der Waals surface area contributed by atoms with Crippen LogP contribution in [0.4, 0.5) is 0 Å². The van der Waals surface area contributed by atoms with E-state index >= 15 is 0 Å². The minimum Gasteiger partial charge on any atom is -0.459 e. The van der Waals surface area contributed by atoms with Gasteiger partial charge in [-0.3, -0.25) is 4.79 Å². The highest BCUT2D eigenvalue weighted by Crippen LogP contribution is 1.97. The molecule has 0 aromatic heterocycles. The van der Waals surface area contributed by atoms with Gasteiger partial charge >= 0.3 is 17.7 Å². The number of hydrogen-bond acceptors (Lipinski definition) is 5. The number of hydrogen-bond donors (Lipinski definition) is 0. The summed E-state index contributed by atoms with van der Waals surface area (Å²) in [5.41, 5.74) is 0. The van der Waals surface area contributed by atoms with Crippen molar-refractivity contribution < 1.29 is 23.9 Å². The van der Waals surface area contributed by atoms with Crippen LogP contribution in [0, 0.1) is 11.8 Å². The topological polar surface area (TPSA) is 69.7 Å². The van der Waals surface area contributed by atoms with Crippen molar-refractivity contribution in [2.24, 2.45) is 11.8 Å². The van der Waals surface area contributed by atoms with Crippen LogP contribution in [0.1, 0.15) is 27.7 Å². The first-order valence-electron chi connectivity index (χ1n) is 5.22. The van der Waals surface area contributed by atoms with Gasteiger partial charge in [0.25, 0.3) is 0 Å². The molecule has 0 fully saturated rings. The second-order valence-electron chi connectivity index (χ2n) is 4.31. The molecule has 0 spiro atoms. The molecule has 5 nitrogen and oxygen atoms in total. The lowest BCUT2D eigenvalue weighted by atomic mass is 10.2. The third kappa shape index (κ3) is 6.16. The summed E-state index contributed by atoms with van der Waals surface area (Å²) in [5.74, 6) is -3.32. The minimum absolute atomic E-state index is 0.113. The maximum Gasteiger partial charge on any atom is 0.386 e. The lowest BCUT2D eigenvalue weighted by Gasteiger charge is -2.07. The van der Waals surface area contributed by atoms with Crippen LogP contribution in [0.15, 0.2) is 0 Å². The standard InChI is InChI=1S/C11H18O5/c1-7(2)5-15-10(13)9(12)11(14)16-6-8(3)4/h7-8H,5-6H2,1-4H3. The summed E-state index contributed by atoms with van der Waals surface area (Å²) in [6.45, 7) is 7.54. The number of ketones is 1. The Balaban J connectivity index is 4.02. The van der Waals surface area contributed by atoms with Crippen LogP contribution < -0.4 is 0 Å². The normalized spacial score (nSPS) is 10.4. The van der Waals surface area contributed by atoms with Gasteiger partial charge in [0.15, 0.2) is 0 Å². The molecule has 0 rings (SSSR count). The fourth-order valence-electron chi connectivity index (χ4n) is 0.699. The number of carbonyl (C=O) groups is 3. The molecule has 0 atom stereocenters. The molecule has 0 radical (unpaired) electrons. The van der Waals surface area contributed by atoms with E-state index in [0.29, 0.717) is 0 Å². The van der Waals surface area contributed by atoms with E-state index in [1.165, 1.54) is 0 Å². The number of Topliss-reactive ketones (excluding diaryl/α,β-unsaturated/α-hetero) is 1.